The molecule has 9 nitrogen and oxygen atoms in total. The van der Waals surface area contributed by atoms with Gasteiger partial charge in [0.05, 0.1) is 27.7 Å². The van der Waals surface area contributed by atoms with Crippen LogP contribution in [0.3, 0.4) is 0 Å². The Balaban J connectivity index is 4.40. The molecule has 10 heteroatoms. The van der Waals surface area contributed by atoms with Crippen molar-refractivity contribution in [2.45, 2.75) is 187 Å². The number of allylic oxidation sites excluding steroid dienone is 2. The lowest BCUT2D eigenvalue weighted by atomic mass is 10.0. The van der Waals surface area contributed by atoms with Gasteiger partial charge >= 0.3 is 11.9 Å². The predicted molar refractivity (Wildman–Crippen MR) is 204 cm³/mol. The first-order valence-corrected chi connectivity index (χ1v) is 21.9. The van der Waals surface area contributed by atoms with E-state index >= 15 is 0 Å². The number of hydrogen-bond acceptors (Lipinski definition) is 8. The first-order valence-electron chi connectivity index (χ1n) is 20.4. The zero-order valence-electron chi connectivity index (χ0n) is 33.1. The van der Waals surface area contributed by atoms with Gasteiger partial charge in [0.25, 0.3) is 7.82 Å². The van der Waals surface area contributed by atoms with Gasteiger partial charge in [-0.2, -0.15) is 0 Å². The molecule has 0 aromatic heterocycles. The molecule has 1 unspecified atom stereocenters. The fourth-order valence-electron chi connectivity index (χ4n) is 5.53. The molecule has 0 heterocycles. The summed E-state index contributed by atoms with van der Waals surface area (Å²) in [7, 11) is 1.17. The maximum Gasteiger partial charge on any atom is 0.306 e. The van der Waals surface area contributed by atoms with E-state index in [1.165, 1.54) is 96.3 Å². The summed E-state index contributed by atoms with van der Waals surface area (Å²) in [6, 6.07) is 0. The van der Waals surface area contributed by atoms with Crippen LogP contribution in [0.5, 0.6) is 0 Å². The number of unbranched alkanes of at least 4 members (excludes halogenated alkanes) is 21. The van der Waals surface area contributed by atoms with Crippen LogP contribution >= 0.6 is 7.82 Å². The molecule has 0 fully saturated rings. The van der Waals surface area contributed by atoms with Crippen molar-refractivity contribution in [2.75, 3.05) is 47.5 Å². The average molecular weight is 732 g/mol. The SMILES string of the molecule is CCCCCC/C=C\CCCCCCCC(=O)OC[C@H](COP(=O)([O-])OCC[N+](C)(C)C)OC(=O)CCCCCCCCCCCCCCC. The Morgan fingerprint density at radius 2 is 1.02 bits per heavy atom. The standard InChI is InChI=1S/C40H78NO8P/c1-6-8-10-12-14-16-18-20-22-24-26-28-30-32-39(42)46-36-38(37-48-50(44,45)47-35-34-41(3,4)5)49-40(43)33-31-29-27-25-23-21-19-17-15-13-11-9-7-2/h16,18,38H,6-15,17,19-37H2,1-5H3/b18-16-/t38-/m1/s1. The number of phosphoric ester groups is 1. The van der Waals surface area contributed by atoms with Gasteiger partial charge in [-0.3, -0.25) is 14.2 Å². The first kappa shape index (κ1) is 48.8. The fourth-order valence-corrected chi connectivity index (χ4v) is 6.26. The van der Waals surface area contributed by atoms with E-state index in [4.69, 9.17) is 18.5 Å². The zero-order valence-corrected chi connectivity index (χ0v) is 34.0. The van der Waals surface area contributed by atoms with Gasteiger partial charge in [-0.1, -0.05) is 142 Å². The third-order valence-corrected chi connectivity index (χ3v) is 9.75. The molecule has 0 bridgehead atoms. The number of carbonyl (C=O) groups excluding carboxylic acids is 2. The Hall–Kier alpha value is -1.25. The van der Waals surface area contributed by atoms with Crippen LogP contribution in [0.1, 0.15) is 181 Å². The van der Waals surface area contributed by atoms with Crippen LogP contribution in [0.2, 0.25) is 0 Å². The van der Waals surface area contributed by atoms with E-state index in [0.717, 1.165) is 51.4 Å². The average Bonchev–Trinajstić information content (AvgIpc) is 3.06. The van der Waals surface area contributed by atoms with E-state index in [-0.39, 0.29) is 26.1 Å². The molecule has 0 saturated heterocycles. The Labute approximate surface area is 307 Å². The van der Waals surface area contributed by atoms with Gasteiger partial charge in [0.1, 0.15) is 19.8 Å². The highest BCUT2D eigenvalue weighted by Gasteiger charge is 2.21. The quantitative estimate of drug-likeness (QED) is 0.0204. The Bertz CT molecular complexity index is 876. The van der Waals surface area contributed by atoms with Crippen molar-refractivity contribution >= 4 is 19.8 Å². The summed E-state index contributed by atoms with van der Waals surface area (Å²) in [5.74, 6) is -0.839. The maximum atomic E-state index is 12.6. The third kappa shape index (κ3) is 36.5. The maximum absolute atomic E-state index is 12.6. The number of phosphoric acid groups is 1. The number of rotatable bonds is 37. The van der Waals surface area contributed by atoms with Crippen LogP contribution in [-0.2, 0) is 32.7 Å². The molecule has 0 radical (unpaired) electrons. The second kappa shape index (κ2) is 33.6. The Kier molecular flexibility index (Phi) is 32.7. The number of likely N-dealkylation sites (N-methyl/N-ethyl adjacent to an activating group) is 1. The van der Waals surface area contributed by atoms with E-state index in [1.54, 1.807) is 0 Å². The van der Waals surface area contributed by atoms with E-state index in [2.05, 4.69) is 26.0 Å². The third-order valence-electron chi connectivity index (χ3n) is 8.79. The van der Waals surface area contributed by atoms with Gasteiger partial charge in [-0.05, 0) is 38.5 Å². The van der Waals surface area contributed by atoms with Crippen molar-refractivity contribution in [1.82, 2.24) is 0 Å². The molecule has 0 aliphatic carbocycles. The van der Waals surface area contributed by atoms with E-state index in [0.29, 0.717) is 17.4 Å². The number of carbonyl (C=O) groups is 2. The highest BCUT2D eigenvalue weighted by Crippen LogP contribution is 2.38. The lowest BCUT2D eigenvalue weighted by Gasteiger charge is -2.28. The summed E-state index contributed by atoms with van der Waals surface area (Å²) in [6.07, 6.45) is 32.3. The van der Waals surface area contributed by atoms with Crippen molar-refractivity contribution in [2.24, 2.45) is 0 Å². The van der Waals surface area contributed by atoms with Gasteiger partial charge in [0.15, 0.2) is 6.10 Å². The van der Waals surface area contributed by atoms with Gasteiger partial charge in [0, 0.05) is 12.8 Å². The Morgan fingerprint density at radius 1 is 0.600 bits per heavy atom. The summed E-state index contributed by atoms with van der Waals surface area (Å²) >= 11 is 0. The van der Waals surface area contributed by atoms with Crippen LogP contribution in [0.15, 0.2) is 12.2 Å². The lowest BCUT2D eigenvalue weighted by molar-refractivity contribution is -0.870. The summed E-state index contributed by atoms with van der Waals surface area (Å²) in [6.45, 7) is 4.20. The molecule has 0 spiro atoms. The van der Waals surface area contributed by atoms with Gasteiger partial charge in [0.2, 0.25) is 0 Å². The van der Waals surface area contributed by atoms with Crippen LogP contribution in [0.4, 0.5) is 0 Å². The van der Waals surface area contributed by atoms with Crippen LogP contribution in [0.25, 0.3) is 0 Å². The molecule has 0 aromatic carbocycles. The molecule has 0 N–H and O–H groups in total. The summed E-state index contributed by atoms with van der Waals surface area (Å²) < 4.78 is 33.8. The van der Waals surface area contributed by atoms with Gasteiger partial charge < -0.3 is 27.9 Å². The largest absolute Gasteiger partial charge is 0.756 e. The summed E-state index contributed by atoms with van der Waals surface area (Å²) in [5, 5.41) is 0. The van der Waals surface area contributed by atoms with Crippen molar-refractivity contribution in [3.63, 3.8) is 0 Å². The smallest absolute Gasteiger partial charge is 0.306 e. The highest BCUT2D eigenvalue weighted by molar-refractivity contribution is 7.45. The fraction of sp³-hybridized carbons (Fsp3) is 0.900. The first-order chi connectivity index (χ1) is 24.0. The summed E-state index contributed by atoms with van der Waals surface area (Å²) in [5.41, 5.74) is 0. The molecule has 0 rings (SSSR count). The lowest BCUT2D eigenvalue weighted by Crippen LogP contribution is -2.37. The second-order valence-corrected chi connectivity index (χ2v) is 16.4. The number of ether oxygens (including phenoxy) is 2. The van der Waals surface area contributed by atoms with Crippen molar-refractivity contribution in [3.05, 3.63) is 12.2 Å². The van der Waals surface area contributed by atoms with Crippen LogP contribution in [0, 0.1) is 0 Å². The molecule has 296 valence electrons. The monoisotopic (exact) mass is 732 g/mol. The highest BCUT2D eigenvalue weighted by atomic mass is 31.2. The van der Waals surface area contributed by atoms with E-state index in [9.17, 15) is 19.0 Å². The minimum Gasteiger partial charge on any atom is -0.756 e. The molecule has 2 atom stereocenters. The second-order valence-electron chi connectivity index (χ2n) is 15.0. The van der Waals surface area contributed by atoms with Gasteiger partial charge in [-0.25, -0.2) is 0 Å². The molecule has 0 aliphatic heterocycles. The van der Waals surface area contributed by atoms with Crippen molar-refractivity contribution < 1.29 is 42.1 Å². The number of hydrogen-bond donors (Lipinski definition) is 0. The molecule has 0 amide bonds. The molecule has 0 aromatic rings. The minimum absolute atomic E-state index is 0.0292. The molecule has 50 heavy (non-hydrogen) atoms. The Morgan fingerprint density at radius 3 is 1.50 bits per heavy atom. The molecule has 0 saturated carbocycles. The summed E-state index contributed by atoms with van der Waals surface area (Å²) in [4.78, 5) is 37.4. The molecular formula is C40H78NO8P. The van der Waals surface area contributed by atoms with Crippen molar-refractivity contribution in [3.8, 4) is 0 Å². The normalized spacial score (nSPS) is 13.8. The van der Waals surface area contributed by atoms with Crippen LogP contribution in [-0.4, -0.2) is 70.0 Å². The van der Waals surface area contributed by atoms with Gasteiger partial charge in [-0.15, -0.1) is 0 Å². The molecular weight excluding hydrogens is 653 g/mol. The number of nitrogens with zero attached hydrogens (tertiary/aromatic N) is 1. The van der Waals surface area contributed by atoms with Crippen molar-refractivity contribution in [1.29, 1.82) is 0 Å². The topological polar surface area (TPSA) is 111 Å². The number of quaternary nitrogens is 1. The number of esters is 2. The molecule has 0 aliphatic rings. The predicted octanol–water partition coefficient (Wildman–Crippen LogP) is 10.4. The zero-order chi connectivity index (χ0) is 37.2. The van der Waals surface area contributed by atoms with Crippen LogP contribution < -0.4 is 4.89 Å². The van der Waals surface area contributed by atoms with E-state index in [1.807, 2.05) is 21.1 Å². The van der Waals surface area contributed by atoms with E-state index < -0.39 is 32.5 Å². The minimum atomic E-state index is -4.61.